The first-order chi connectivity index (χ1) is 9.02. The highest BCUT2D eigenvalue weighted by Crippen LogP contribution is 2.38. The van der Waals surface area contributed by atoms with Crippen molar-refractivity contribution in [3.63, 3.8) is 0 Å². The molecule has 0 saturated carbocycles. The van der Waals surface area contributed by atoms with Crippen molar-refractivity contribution < 1.29 is 13.9 Å². The Morgan fingerprint density at radius 3 is 2.53 bits per heavy atom. The molecule has 0 atom stereocenters. The lowest BCUT2D eigenvalue weighted by Crippen LogP contribution is -1.96. The van der Waals surface area contributed by atoms with Gasteiger partial charge >= 0.3 is 0 Å². The molecule has 100 valence electrons. The van der Waals surface area contributed by atoms with Crippen LogP contribution in [0.25, 0.3) is 0 Å². The van der Waals surface area contributed by atoms with Crippen LogP contribution in [0.4, 0.5) is 10.1 Å². The molecule has 0 amide bonds. The van der Waals surface area contributed by atoms with Gasteiger partial charge in [-0.1, -0.05) is 29.3 Å². The van der Waals surface area contributed by atoms with Crippen LogP contribution in [0.2, 0.25) is 10.0 Å². The van der Waals surface area contributed by atoms with Gasteiger partial charge < -0.3 is 15.2 Å². The standard InChI is InChI=1S/C13H10Cl2FNO2/c1-18-11-6-12(9(17)5-8(11)16)19-10-4-2-3-7(14)13(10)15/h2-6H,17H2,1H3. The molecule has 0 bridgehead atoms. The molecule has 0 heterocycles. The number of halogens is 3. The van der Waals surface area contributed by atoms with Crippen LogP contribution in [0, 0.1) is 5.82 Å². The number of methoxy groups -OCH3 is 1. The van der Waals surface area contributed by atoms with Crippen LogP contribution in [-0.4, -0.2) is 7.11 Å². The largest absolute Gasteiger partial charge is 0.494 e. The van der Waals surface area contributed by atoms with E-state index in [0.29, 0.717) is 10.8 Å². The van der Waals surface area contributed by atoms with Gasteiger partial charge in [-0.05, 0) is 12.1 Å². The van der Waals surface area contributed by atoms with Gasteiger partial charge in [-0.15, -0.1) is 0 Å². The van der Waals surface area contributed by atoms with Crippen LogP contribution in [0.1, 0.15) is 0 Å². The lowest BCUT2D eigenvalue weighted by atomic mass is 10.2. The summed E-state index contributed by atoms with van der Waals surface area (Å²) in [6, 6.07) is 7.41. The van der Waals surface area contributed by atoms with Gasteiger partial charge in [0.1, 0.15) is 10.8 Å². The van der Waals surface area contributed by atoms with Gasteiger partial charge in [-0.2, -0.15) is 0 Å². The minimum Gasteiger partial charge on any atom is -0.494 e. The second-order valence-electron chi connectivity index (χ2n) is 3.68. The molecular weight excluding hydrogens is 292 g/mol. The zero-order chi connectivity index (χ0) is 14.0. The average Bonchev–Trinajstić information content (AvgIpc) is 2.38. The van der Waals surface area contributed by atoms with Gasteiger partial charge in [0.05, 0.1) is 17.8 Å². The van der Waals surface area contributed by atoms with Crippen LogP contribution in [-0.2, 0) is 0 Å². The zero-order valence-electron chi connectivity index (χ0n) is 9.91. The summed E-state index contributed by atoms with van der Waals surface area (Å²) in [6.45, 7) is 0. The Labute approximate surface area is 119 Å². The quantitative estimate of drug-likeness (QED) is 0.848. The molecular formula is C13H10Cl2FNO2. The fraction of sp³-hybridized carbons (Fsp3) is 0.0769. The molecule has 6 heteroatoms. The van der Waals surface area contributed by atoms with E-state index in [0.717, 1.165) is 6.07 Å². The number of ether oxygens (including phenoxy) is 2. The van der Waals surface area contributed by atoms with E-state index in [2.05, 4.69) is 0 Å². The van der Waals surface area contributed by atoms with Gasteiger partial charge in [0, 0.05) is 12.1 Å². The summed E-state index contributed by atoms with van der Waals surface area (Å²) in [4.78, 5) is 0. The Morgan fingerprint density at radius 1 is 1.11 bits per heavy atom. The van der Waals surface area contributed by atoms with Crippen LogP contribution in [0.3, 0.4) is 0 Å². The normalized spacial score (nSPS) is 10.3. The highest BCUT2D eigenvalue weighted by Gasteiger charge is 2.12. The number of nitrogens with two attached hydrogens (primary N) is 1. The van der Waals surface area contributed by atoms with E-state index in [-0.39, 0.29) is 22.2 Å². The Balaban J connectivity index is 2.41. The Bertz CT molecular complexity index is 620. The minimum absolute atomic E-state index is 0.0300. The molecule has 2 aromatic rings. The Morgan fingerprint density at radius 2 is 1.84 bits per heavy atom. The molecule has 0 aromatic heterocycles. The molecule has 19 heavy (non-hydrogen) atoms. The molecule has 0 aliphatic rings. The third-order valence-corrected chi connectivity index (χ3v) is 3.22. The first-order valence-corrected chi connectivity index (χ1v) is 6.03. The van der Waals surface area contributed by atoms with Crippen molar-refractivity contribution in [2.24, 2.45) is 0 Å². The molecule has 2 N–H and O–H groups in total. The van der Waals surface area contributed by atoms with Gasteiger partial charge in [0.2, 0.25) is 0 Å². The smallest absolute Gasteiger partial charge is 0.167 e. The van der Waals surface area contributed by atoms with Gasteiger partial charge in [-0.25, -0.2) is 4.39 Å². The van der Waals surface area contributed by atoms with E-state index in [1.165, 1.54) is 13.2 Å². The summed E-state index contributed by atoms with van der Waals surface area (Å²) < 4.78 is 23.8. The second kappa shape index (κ2) is 5.55. The van der Waals surface area contributed by atoms with E-state index in [1.54, 1.807) is 18.2 Å². The van der Waals surface area contributed by atoms with E-state index in [1.807, 2.05) is 0 Å². The third-order valence-electron chi connectivity index (χ3n) is 2.42. The van der Waals surface area contributed by atoms with E-state index in [9.17, 15) is 4.39 Å². The van der Waals surface area contributed by atoms with Crippen molar-refractivity contribution in [1.29, 1.82) is 0 Å². The van der Waals surface area contributed by atoms with Crippen molar-refractivity contribution in [2.45, 2.75) is 0 Å². The maximum atomic E-state index is 13.4. The third kappa shape index (κ3) is 2.85. The van der Waals surface area contributed by atoms with E-state index < -0.39 is 5.82 Å². The lowest BCUT2D eigenvalue weighted by molar-refractivity contribution is 0.382. The molecule has 0 aliphatic heterocycles. The average molecular weight is 302 g/mol. The van der Waals surface area contributed by atoms with Crippen molar-refractivity contribution in [3.05, 3.63) is 46.2 Å². The molecule has 0 saturated heterocycles. The molecule has 0 aliphatic carbocycles. The van der Waals surface area contributed by atoms with Crippen molar-refractivity contribution >= 4 is 28.9 Å². The van der Waals surface area contributed by atoms with Gasteiger partial charge in [0.25, 0.3) is 0 Å². The highest BCUT2D eigenvalue weighted by molar-refractivity contribution is 6.42. The molecule has 0 fully saturated rings. The number of hydrogen-bond acceptors (Lipinski definition) is 3. The van der Waals surface area contributed by atoms with Crippen molar-refractivity contribution in [1.82, 2.24) is 0 Å². The summed E-state index contributed by atoms with van der Waals surface area (Å²) in [7, 11) is 1.35. The van der Waals surface area contributed by atoms with Crippen molar-refractivity contribution in [3.8, 4) is 17.2 Å². The summed E-state index contributed by atoms with van der Waals surface area (Å²) >= 11 is 11.9. The minimum atomic E-state index is -0.565. The predicted molar refractivity (Wildman–Crippen MR) is 73.9 cm³/mol. The highest BCUT2D eigenvalue weighted by atomic mass is 35.5. The number of benzene rings is 2. The molecule has 0 unspecified atom stereocenters. The fourth-order valence-corrected chi connectivity index (χ4v) is 1.81. The first kappa shape index (κ1) is 13.8. The van der Waals surface area contributed by atoms with Gasteiger partial charge in [0.15, 0.2) is 17.3 Å². The molecule has 2 rings (SSSR count). The molecule has 3 nitrogen and oxygen atoms in total. The monoisotopic (exact) mass is 301 g/mol. The predicted octanol–water partition coefficient (Wildman–Crippen LogP) is 4.52. The number of hydrogen-bond donors (Lipinski definition) is 1. The topological polar surface area (TPSA) is 44.5 Å². The van der Waals surface area contributed by atoms with Crippen LogP contribution < -0.4 is 15.2 Å². The van der Waals surface area contributed by atoms with Gasteiger partial charge in [-0.3, -0.25) is 0 Å². The van der Waals surface area contributed by atoms with Crippen LogP contribution in [0.15, 0.2) is 30.3 Å². The maximum absolute atomic E-state index is 13.4. The van der Waals surface area contributed by atoms with Crippen LogP contribution >= 0.6 is 23.2 Å². The summed E-state index contributed by atoms with van der Waals surface area (Å²) in [5.74, 6) is 0.0313. The number of nitrogen functional groups attached to an aromatic ring is 1. The number of rotatable bonds is 3. The number of anilines is 1. The lowest BCUT2D eigenvalue weighted by Gasteiger charge is -2.12. The Kier molecular flexibility index (Phi) is 4.02. The molecule has 0 spiro atoms. The zero-order valence-corrected chi connectivity index (χ0v) is 11.4. The summed E-state index contributed by atoms with van der Waals surface area (Å²) in [5, 5.41) is 0.610. The Hall–Kier alpha value is -1.65. The summed E-state index contributed by atoms with van der Waals surface area (Å²) in [6.07, 6.45) is 0. The maximum Gasteiger partial charge on any atom is 0.167 e. The summed E-state index contributed by atoms with van der Waals surface area (Å²) in [5.41, 5.74) is 5.82. The van der Waals surface area contributed by atoms with E-state index >= 15 is 0 Å². The first-order valence-electron chi connectivity index (χ1n) is 5.27. The molecule has 2 aromatic carbocycles. The second-order valence-corrected chi connectivity index (χ2v) is 4.46. The SMILES string of the molecule is COc1cc(Oc2cccc(Cl)c2Cl)c(N)cc1F. The van der Waals surface area contributed by atoms with E-state index in [4.69, 9.17) is 38.4 Å². The molecule has 0 radical (unpaired) electrons. The van der Waals surface area contributed by atoms with Crippen LogP contribution in [0.5, 0.6) is 17.2 Å². The fourth-order valence-electron chi connectivity index (χ4n) is 1.48. The van der Waals surface area contributed by atoms with Crippen molar-refractivity contribution in [2.75, 3.05) is 12.8 Å².